The molecule has 0 amide bonds. The van der Waals surface area contributed by atoms with E-state index in [2.05, 4.69) is 4.18 Å². The van der Waals surface area contributed by atoms with Crippen LogP contribution in [-0.2, 0) is 19.4 Å². The van der Waals surface area contributed by atoms with Crippen molar-refractivity contribution in [3.63, 3.8) is 0 Å². The van der Waals surface area contributed by atoms with Gasteiger partial charge in [-0.2, -0.15) is 8.42 Å². The number of aliphatic carboxylic acids is 1. The molecule has 0 aliphatic carbocycles. The highest BCUT2D eigenvalue weighted by Gasteiger charge is 2.04. The van der Waals surface area contributed by atoms with E-state index in [-0.39, 0.29) is 0 Å². The maximum atomic E-state index is 10.4. The van der Waals surface area contributed by atoms with E-state index in [1.807, 2.05) is 0 Å². The zero-order valence-corrected chi connectivity index (χ0v) is 5.75. The van der Waals surface area contributed by atoms with Crippen LogP contribution in [-0.4, -0.2) is 30.6 Å². The number of rotatable bonds is 5. The number of hydrogen-bond donors (Lipinski definition) is 2. The molecule has 0 aliphatic heterocycles. The molecule has 7 heteroatoms. The van der Waals surface area contributed by atoms with Crippen LogP contribution in [0.1, 0.15) is 21.0 Å². The molecule has 0 saturated carbocycles. The summed E-state index contributed by atoms with van der Waals surface area (Å²) in [5.74, 6) is -2.36. The molecular formula is C4H8O6S. The van der Waals surface area contributed by atoms with E-state index >= 15 is 0 Å². The molecule has 66 valence electrons. The molecule has 0 aromatic heterocycles. The maximum absolute atomic E-state index is 10.4. The number of hydrogen-bond acceptors (Lipinski definition) is 4. The summed E-state index contributed by atoms with van der Waals surface area (Å²) in [6.07, 6.45) is -7.65. The number of carboxylic acid groups (broad SMARTS) is 1. The predicted octanol–water partition coefficient (Wildman–Crippen LogP) is -0.329. The van der Waals surface area contributed by atoms with Crippen molar-refractivity contribution in [2.24, 2.45) is 0 Å². The molecule has 6 nitrogen and oxygen atoms in total. The quantitative estimate of drug-likeness (QED) is 0.576. The van der Waals surface area contributed by atoms with Gasteiger partial charge in [0.05, 0.1) is 9.30 Å². The fourth-order valence-corrected chi connectivity index (χ4v) is 0.299. The lowest BCUT2D eigenvalue weighted by Gasteiger charge is -1.96. The minimum Gasteiger partial charge on any atom is -0.481 e. The second-order valence-electron chi connectivity index (χ2n) is 1.17. The van der Waals surface area contributed by atoms with E-state index < -0.39 is 35.7 Å². The minimum absolute atomic E-state index is 2.36. The zero-order valence-electron chi connectivity index (χ0n) is 10.9. The van der Waals surface area contributed by atoms with Crippen LogP contribution in [0.3, 0.4) is 0 Å². The van der Waals surface area contributed by atoms with Crippen molar-refractivity contribution in [1.82, 2.24) is 0 Å². The van der Waals surface area contributed by atoms with Crippen LogP contribution in [0.2, 0.25) is 0 Å². The second kappa shape index (κ2) is 4.27. The fourth-order valence-electron chi connectivity index (χ4n) is 0.152. The van der Waals surface area contributed by atoms with Gasteiger partial charge in [0, 0.05) is 11.9 Å². The first-order valence-electron chi connectivity index (χ1n) is 5.06. The van der Waals surface area contributed by atoms with E-state index in [9.17, 15) is 13.2 Å². The lowest BCUT2D eigenvalue weighted by Crippen LogP contribution is -2.06. The summed E-state index contributed by atoms with van der Waals surface area (Å²) in [6, 6.07) is 0. The van der Waals surface area contributed by atoms with Gasteiger partial charge < -0.3 is 5.11 Å². The molecule has 0 unspecified atom stereocenters. The minimum atomic E-state index is -5.43. The number of carbonyl (C=O) groups is 1. The van der Waals surface area contributed by atoms with Crippen molar-refractivity contribution in [2.45, 2.75) is 12.7 Å². The molecule has 0 aromatic rings. The summed E-state index contributed by atoms with van der Waals surface area (Å²) < 4.78 is 73.4. The normalized spacial score (nSPS) is 23.4. The second-order valence-corrected chi connectivity index (χ2v) is 2.19. The highest BCUT2D eigenvalue weighted by Crippen LogP contribution is 1.93. The van der Waals surface area contributed by atoms with Gasteiger partial charge in [-0.15, -0.1) is 0 Å². The summed E-state index contributed by atoms with van der Waals surface area (Å²) in [5, 5.41) is 8.39. The molecule has 0 bridgehead atoms. The largest absolute Gasteiger partial charge is 0.481 e. The highest BCUT2D eigenvalue weighted by atomic mass is 32.3. The average Bonchev–Trinajstić information content (AvgIpc) is 1.98. The smallest absolute Gasteiger partial charge is 0.397 e. The average molecular weight is 190 g/mol. The Morgan fingerprint density at radius 2 is 2.18 bits per heavy atom. The Bertz CT molecular complexity index is 414. The van der Waals surface area contributed by atoms with Gasteiger partial charge in [0.1, 0.15) is 0 Å². The molecule has 0 atom stereocenters. The first-order valence-corrected chi connectivity index (χ1v) is 3.43. The Hall–Kier alpha value is -0.660. The van der Waals surface area contributed by atoms with Gasteiger partial charge in [-0.3, -0.25) is 9.35 Å². The lowest BCUT2D eigenvalue weighted by molar-refractivity contribution is -0.137. The zero-order chi connectivity index (χ0) is 14.3. The van der Waals surface area contributed by atoms with Crippen molar-refractivity contribution >= 4 is 16.4 Å². The molecule has 0 rings (SSSR count). The third-order valence-electron chi connectivity index (χ3n) is 0.367. The first kappa shape index (κ1) is 3.83. The van der Waals surface area contributed by atoms with Crippen LogP contribution < -0.4 is 0 Å². The van der Waals surface area contributed by atoms with E-state index in [1.54, 1.807) is 0 Å². The van der Waals surface area contributed by atoms with Gasteiger partial charge in [0.15, 0.2) is 0 Å². The van der Waals surface area contributed by atoms with Crippen LogP contribution in [0.5, 0.6) is 0 Å². The van der Waals surface area contributed by atoms with Gasteiger partial charge in [-0.1, -0.05) is 0 Å². The van der Waals surface area contributed by atoms with Crippen LogP contribution in [0.25, 0.3) is 0 Å². The van der Waals surface area contributed by atoms with Gasteiger partial charge in [0.25, 0.3) is 0 Å². The molecule has 0 heterocycles. The number of carboxylic acids is 1. The Morgan fingerprint density at radius 3 is 2.55 bits per heavy atom. The van der Waals surface area contributed by atoms with Gasteiger partial charge in [-0.25, -0.2) is 4.18 Å². The Morgan fingerprint density at radius 1 is 1.64 bits per heavy atom. The standard InChI is InChI=1S/C4H8O6S/c5-4(6)2-1-3-10-11(7,8)9/h1-3H2,(H,5,6)(H,7,8,9)/i1D2,2D2,3D2. The SMILES string of the molecule is [2H]C([2H])(OS(=O)(=O)O)C([2H])([2H])C([2H])([2H])C(=O)O. The van der Waals surface area contributed by atoms with Crippen molar-refractivity contribution in [3.8, 4) is 0 Å². The summed E-state index contributed by atoms with van der Waals surface area (Å²) in [7, 11) is -5.43. The van der Waals surface area contributed by atoms with E-state index in [1.165, 1.54) is 0 Å². The Kier molecular flexibility index (Phi) is 1.49. The lowest BCUT2D eigenvalue weighted by atomic mass is 10.3. The van der Waals surface area contributed by atoms with Crippen LogP contribution in [0.15, 0.2) is 0 Å². The monoisotopic (exact) mass is 190 g/mol. The van der Waals surface area contributed by atoms with Crippen molar-refractivity contribution in [2.75, 3.05) is 6.56 Å². The molecule has 11 heavy (non-hydrogen) atoms. The van der Waals surface area contributed by atoms with Gasteiger partial charge in [0.2, 0.25) is 0 Å². The maximum Gasteiger partial charge on any atom is 0.397 e. The van der Waals surface area contributed by atoms with Crippen LogP contribution in [0, 0.1) is 0 Å². The summed E-state index contributed by atoms with van der Waals surface area (Å²) >= 11 is 0. The van der Waals surface area contributed by atoms with Crippen molar-refractivity contribution < 1.29 is 35.3 Å². The van der Waals surface area contributed by atoms with Crippen molar-refractivity contribution in [3.05, 3.63) is 0 Å². The highest BCUT2D eigenvalue weighted by molar-refractivity contribution is 7.80. The van der Waals surface area contributed by atoms with E-state index in [4.69, 9.17) is 17.9 Å². The molecule has 0 aliphatic rings. The van der Waals surface area contributed by atoms with Gasteiger partial charge >= 0.3 is 16.4 Å². The van der Waals surface area contributed by atoms with Gasteiger partial charge in [-0.05, 0) is 6.37 Å². The predicted molar refractivity (Wildman–Crippen MR) is 34.4 cm³/mol. The van der Waals surface area contributed by atoms with E-state index in [0.717, 1.165) is 0 Å². The molecule has 0 radical (unpaired) electrons. The topological polar surface area (TPSA) is 101 Å². The van der Waals surface area contributed by atoms with Crippen LogP contribution >= 0.6 is 0 Å². The Balaban J connectivity index is 5.52. The molecular weight excluding hydrogens is 176 g/mol. The molecule has 0 saturated heterocycles. The third kappa shape index (κ3) is 9.34. The summed E-state index contributed by atoms with van der Waals surface area (Å²) in [4.78, 5) is 10.4. The fraction of sp³-hybridized carbons (Fsp3) is 0.750. The van der Waals surface area contributed by atoms with Crippen LogP contribution in [0.4, 0.5) is 0 Å². The third-order valence-corrected chi connectivity index (χ3v) is 0.661. The molecule has 2 N–H and O–H groups in total. The first-order chi connectivity index (χ1) is 7.15. The summed E-state index contributed by atoms with van der Waals surface area (Å²) in [5.41, 5.74) is 0. The molecule has 0 fully saturated rings. The van der Waals surface area contributed by atoms with E-state index in [0.29, 0.717) is 0 Å². The summed E-state index contributed by atoms with van der Waals surface area (Å²) in [6.45, 7) is -3.91. The van der Waals surface area contributed by atoms with Crippen molar-refractivity contribution in [1.29, 1.82) is 0 Å². The Labute approximate surface area is 72.2 Å². The molecule has 0 spiro atoms. The molecule has 0 aromatic carbocycles.